The highest BCUT2D eigenvalue weighted by Crippen LogP contribution is 2.30. The normalized spacial score (nSPS) is 16.5. The lowest BCUT2D eigenvalue weighted by Crippen LogP contribution is -2.46. The van der Waals surface area contributed by atoms with Crippen LogP contribution < -0.4 is 5.32 Å². The maximum Gasteiger partial charge on any atom is 0.410 e. The van der Waals surface area contributed by atoms with Gasteiger partial charge in [0.25, 0.3) is 0 Å². The van der Waals surface area contributed by atoms with Gasteiger partial charge in [0.1, 0.15) is 11.3 Å². The topological polar surface area (TPSA) is 92.9 Å². The summed E-state index contributed by atoms with van der Waals surface area (Å²) >= 11 is 0. The Morgan fingerprint density at radius 2 is 2.06 bits per heavy atom. The first kappa shape index (κ1) is 23.7. The van der Waals surface area contributed by atoms with E-state index in [-0.39, 0.29) is 12.1 Å². The summed E-state index contributed by atoms with van der Waals surface area (Å²) in [6.45, 7) is 11.5. The second-order valence-corrected chi connectivity index (χ2v) is 8.81. The zero-order valence-corrected chi connectivity index (χ0v) is 19.5. The van der Waals surface area contributed by atoms with Gasteiger partial charge < -0.3 is 24.5 Å². The Labute approximate surface area is 189 Å². The molecule has 1 saturated heterocycles. The molecule has 2 aromatic rings. The van der Waals surface area contributed by atoms with E-state index >= 15 is 0 Å². The Bertz CT molecular complexity index is 947. The van der Waals surface area contributed by atoms with E-state index in [9.17, 15) is 9.59 Å². The number of nitrogens with one attached hydrogen (secondary N) is 2. The fourth-order valence-corrected chi connectivity index (χ4v) is 3.67. The number of carbonyl (C=O) groups excluding carboxylic acids is 2. The number of hydrogen-bond acceptors (Lipinski definition) is 6. The molecule has 1 amide bonds. The molecule has 2 heterocycles. The molecule has 0 aliphatic carbocycles. The summed E-state index contributed by atoms with van der Waals surface area (Å²) in [5.74, 6) is -0.402. The monoisotopic (exact) mass is 443 g/mol. The van der Waals surface area contributed by atoms with Crippen LogP contribution in [0.1, 0.15) is 60.9 Å². The quantitative estimate of drug-likeness (QED) is 0.642. The standard InChI is InChI=1S/C24H33N3O5/c1-6-31-22(28)21-19(9-10-25-21)26-14-17-8-7-16(2)13-18(17)20-15-30-12-11-27(20)23(29)32-24(3,4)5/h7-10,13,20,25-26H,6,11-12,14-15H2,1-5H3. The van der Waals surface area contributed by atoms with E-state index in [0.717, 1.165) is 16.7 Å². The molecule has 8 heteroatoms. The number of morpholine rings is 1. The summed E-state index contributed by atoms with van der Waals surface area (Å²) in [4.78, 5) is 29.7. The highest BCUT2D eigenvalue weighted by atomic mass is 16.6. The Hall–Kier alpha value is -3.00. The van der Waals surface area contributed by atoms with Crippen LogP contribution in [0.25, 0.3) is 0 Å². The Morgan fingerprint density at radius 1 is 1.28 bits per heavy atom. The first-order chi connectivity index (χ1) is 15.2. The van der Waals surface area contributed by atoms with E-state index in [1.165, 1.54) is 0 Å². The number of nitrogens with zero attached hydrogens (tertiary/aromatic N) is 1. The molecule has 32 heavy (non-hydrogen) atoms. The number of rotatable bonds is 6. The molecule has 3 rings (SSSR count). The minimum absolute atomic E-state index is 0.258. The van der Waals surface area contributed by atoms with Crippen LogP contribution in [0.4, 0.5) is 10.5 Å². The van der Waals surface area contributed by atoms with Crippen LogP contribution >= 0.6 is 0 Å². The molecule has 1 aliphatic rings. The van der Waals surface area contributed by atoms with E-state index in [4.69, 9.17) is 14.2 Å². The minimum atomic E-state index is -0.575. The van der Waals surface area contributed by atoms with Gasteiger partial charge in [-0.15, -0.1) is 0 Å². The lowest BCUT2D eigenvalue weighted by molar-refractivity contribution is -0.0332. The molecule has 0 saturated carbocycles. The van der Waals surface area contributed by atoms with Gasteiger partial charge in [-0.25, -0.2) is 9.59 Å². The molecule has 0 bridgehead atoms. The molecule has 1 atom stereocenters. The second-order valence-electron chi connectivity index (χ2n) is 8.81. The number of anilines is 1. The minimum Gasteiger partial charge on any atom is -0.461 e. The molecule has 0 radical (unpaired) electrons. The average Bonchev–Trinajstić information content (AvgIpc) is 3.20. The van der Waals surface area contributed by atoms with Crippen molar-refractivity contribution in [3.05, 3.63) is 52.8 Å². The molecule has 1 aliphatic heterocycles. The Balaban J connectivity index is 1.84. The summed E-state index contributed by atoms with van der Waals surface area (Å²) in [5, 5.41) is 3.32. The second kappa shape index (κ2) is 10.1. The number of esters is 1. The van der Waals surface area contributed by atoms with Crippen molar-refractivity contribution in [1.29, 1.82) is 0 Å². The number of carbonyl (C=O) groups is 2. The van der Waals surface area contributed by atoms with Crippen molar-refractivity contribution in [1.82, 2.24) is 9.88 Å². The van der Waals surface area contributed by atoms with Gasteiger partial charge in [0.2, 0.25) is 0 Å². The fourth-order valence-electron chi connectivity index (χ4n) is 3.67. The highest BCUT2D eigenvalue weighted by Gasteiger charge is 2.33. The highest BCUT2D eigenvalue weighted by molar-refractivity contribution is 5.93. The van der Waals surface area contributed by atoms with E-state index in [1.54, 1.807) is 24.1 Å². The zero-order valence-electron chi connectivity index (χ0n) is 19.5. The molecular formula is C24H33N3O5. The van der Waals surface area contributed by atoms with Crippen molar-refractivity contribution in [2.45, 2.75) is 52.8 Å². The largest absolute Gasteiger partial charge is 0.461 e. The van der Waals surface area contributed by atoms with E-state index < -0.39 is 11.6 Å². The predicted molar refractivity (Wildman–Crippen MR) is 122 cm³/mol. The third-order valence-corrected chi connectivity index (χ3v) is 5.11. The first-order valence-corrected chi connectivity index (χ1v) is 10.9. The fraction of sp³-hybridized carbons (Fsp3) is 0.500. The molecule has 1 fully saturated rings. The van der Waals surface area contributed by atoms with E-state index in [1.807, 2.05) is 39.8 Å². The lowest BCUT2D eigenvalue weighted by Gasteiger charge is -2.37. The van der Waals surface area contributed by atoms with Crippen LogP contribution in [0.2, 0.25) is 0 Å². The van der Waals surface area contributed by atoms with Gasteiger partial charge >= 0.3 is 12.1 Å². The van der Waals surface area contributed by atoms with Gasteiger partial charge in [0.15, 0.2) is 0 Å². The van der Waals surface area contributed by atoms with Crippen LogP contribution in [0.5, 0.6) is 0 Å². The van der Waals surface area contributed by atoms with Crippen LogP contribution in [-0.2, 0) is 20.8 Å². The number of ether oxygens (including phenoxy) is 3. The van der Waals surface area contributed by atoms with Crippen LogP contribution in [-0.4, -0.2) is 53.9 Å². The summed E-state index contributed by atoms with van der Waals surface area (Å²) in [6, 6.07) is 7.70. The maximum atomic E-state index is 12.9. The SMILES string of the molecule is CCOC(=O)c1[nH]ccc1NCc1ccc(C)cc1C1COCCN1C(=O)OC(C)(C)C. The number of aryl methyl sites for hydroxylation is 1. The molecule has 8 nitrogen and oxygen atoms in total. The van der Waals surface area contributed by atoms with Crippen molar-refractivity contribution in [2.75, 3.05) is 31.7 Å². The number of benzene rings is 1. The zero-order chi connectivity index (χ0) is 23.3. The van der Waals surface area contributed by atoms with Crippen molar-refractivity contribution in [2.24, 2.45) is 0 Å². The summed E-state index contributed by atoms with van der Waals surface area (Å²) < 4.78 is 16.5. The molecular weight excluding hydrogens is 410 g/mol. The lowest BCUT2D eigenvalue weighted by atomic mass is 9.96. The number of aromatic nitrogens is 1. The first-order valence-electron chi connectivity index (χ1n) is 10.9. The summed E-state index contributed by atoms with van der Waals surface area (Å²) in [7, 11) is 0. The van der Waals surface area contributed by atoms with Crippen LogP contribution in [0.3, 0.4) is 0 Å². The third-order valence-electron chi connectivity index (χ3n) is 5.11. The van der Waals surface area contributed by atoms with Crippen molar-refractivity contribution >= 4 is 17.7 Å². The molecule has 1 unspecified atom stereocenters. The molecule has 1 aromatic carbocycles. The average molecular weight is 444 g/mol. The van der Waals surface area contributed by atoms with Crippen LogP contribution in [0, 0.1) is 6.92 Å². The van der Waals surface area contributed by atoms with Gasteiger partial charge in [-0.1, -0.05) is 23.8 Å². The predicted octanol–water partition coefficient (Wildman–Crippen LogP) is 4.42. The van der Waals surface area contributed by atoms with Crippen molar-refractivity contribution in [3.63, 3.8) is 0 Å². The number of aromatic amines is 1. The van der Waals surface area contributed by atoms with Gasteiger partial charge in [-0.2, -0.15) is 0 Å². The molecule has 1 aromatic heterocycles. The summed E-state index contributed by atoms with van der Waals surface area (Å²) in [6.07, 6.45) is 1.35. The van der Waals surface area contributed by atoms with Gasteiger partial charge in [0, 0.05) is 19.3 Å². The van der Waals surface area contributed by atoms with E-state index in [0.29, 0.717) is 44.3 Å². The maximum absolute atomic E-state index is 12.9. The van der Waals surface area contributed by atoms with Gasteiger partial charge in [-0.05, 0) is 51.8 Å². The van der Waals surface area contributed by atoms with Gasteiger partial charge in [0.05, 0.1) is 31.5 Å². The van der Waals surface area contributed by atoms with Crippen LogP contribution in [0.15, 0.2) is 30.5 Å². The van der Waals surface area contributed by atoms with Crippen molar-refractivity contribution < 1.29 is 23.8 Å². The Morgan fingerprint density at radius 3 is 2.78 bits per heavy atom. The number of hydrogen-bond donors (Lipinski definition) is 2. The van der Waals surface area contributed by atoms with E-state index in [2.05, 4.69) is 16.4 Å². The molecule has 2 N–H and O–H groups in total. The molecule has 174 valence electrons. The van der Waals surface area contributed by atoms with Gasteiger partial charge in [-0.3, -0.25) is 4.90 Å². The number of H-pyrrole nitrogens is 1. The Kier molecular flexibility index (Phi) is 7.45. The molecule has 0 spiro atoms. The number of amides is 1. The third kappa shape index (κ3) is 5.82. The van der Waals surface area contributed by atoms with Crippen molar-refractivity contribution in [3.8, 4) is 0 Å². The summed E-state index contributed by atoms with van der Waals surface area (Å²) in [5.41, 5.74) is 3.57. The smallest absolute Gasteiger partial charge is 0.410 e.